The van der Waals surface area contributed by atoms with E-state index in [1.54, 1.807) is 26.4 Å². The molecular formula is C20H21F3N6O2. The molecule has 0 saturated carbocycles. The lowest BCUT2D eigenvalue weighted by Gasteiger charge is -2.13. The van der Waals surface area contributed by atoms with Gasteiger partial charge in [0.2, 0.25) is 5.95 Å². The first-order valence-corrected chi connectivity index (χ1v) is 9.22. The molecule has 31 heavy (non-hydrogen) atoms. The Morgan fingerprint density at radius 1 is 1.10 bits per heavy atom. The van der Waals surface area contributed by atoms with Crippen molar-refractivity contribution in [3.05, 3.63) is 47.9 Å². The van der Waals surface area contributed by atoms with E-state index in [1.807, 2.05) is 25.1 Å². The zero-order valence-electron chi connectivity index (χ0n) is 17.1. The highest BCUT2D eigenvalue weighted by molar-refractivity contribution is 5.74. The van der Waals surface area contributed by atoms with Gasteiger partial charge in [0.1, 0.15) is 18.2 Å². The van der Waals surface area contributed by atoms with Crippen LogP contribution in [0.1, 0.15) is 11.4 Å². The van der Waals surface area contributed by atoms with Crippen LogP contribution < -0.4 is 15.4 Å². The van der Waals surface area contributed by atoms with Crippen molar-refractivity contribution >= 4 is 17.5 Å². The highest BCUT2D eigenvalue weighted by Crippen LogP contribution is 2.33. The van der Waals surface area contributed by atoms with Gasteiger partial charge in [0.15, 0.2) is 0 Å². The van der Waals surface area contributed by atoms with Crippen molar-refractivity contribution in [2.75, 3.05) is 31.4 Å². The van der Waals surface area contributed by atoms with Gasteiger partial charge in [-0.15, -0.1) is 0 Å². The lowest BCUT2D eigenvalue weighted by Crippen LogP contribution is -2.17. The average Bonchev–Trinajstić information content (AvgIpc) is 2.72. The van der Waals surface area contributed by atoms with Gasteiger partial charge in [-0.3, -0.25) is 0 Å². The summed E-state index contributed by atoms with van der Waals surface area (Å²) in [6.07, 6.45) is -2.76. The third kappa shape index (κ3) is 6.25. The van der Waals surface area contributed by atoms with Crippen molar-refractivity contribution in [3.63, 3.8) is 0 Å². The van der Waals surface area contributed by atoms with Gasteiger partial charge in [0.05, 0.1) is 31.3 Å². The summed E-state index contributed by atoms with van der Waals surface area (Å²) in [6.45, 7) is 0.194. The molecule has 1 aromatic carbocycles. The Morgan fingerprint density at radius 2 is 1.90 bits per heavy atom. The molecule has 8 nitrogen and oxygen atoms in total. The van der Waals surface area contributed by atoms with Crippen molar-refractivity contribution in [2.24, 2.45) is 0 Å². The monoisotopic (exact) mass is 434 g/mol. The molecule has 0 aliphatic carbocycles. The van der Waals surface area contributed by atoms with E-state index >= 15 is 0 Å². The molecule has 164 valence electrons. The largest absolute Gasteiger partial charge is 0.496 e. The third-order valence-corrected chi connectivity index (χ3v) is 4.10. The predicted octanol–water partition coefficient (Wildman–Crippen LogP) is 4.11. The molecule has 0 fully saturated rings. The molecular weight excluding hydrogens is 413 g/mol. The average molecular weight is 434 g/mol. The number of halogens is 3. The van der Waals surface area contributed by atoms with Gasteiger partial charge in [0, 0.05) is 36.0 Å². The second-order valence-electron chi connectivity index (χ2n) is 6.55. The number of hydrogen-bond acceptors (Lipinski definition) is 8. The minimum absolute atomic E-state index is 0.202. The van der Waals surface area contributed by atoms with Gasteiger partial charge in [-0.05, 0) is 25.1 Å². The van der Waals surface area contributed by atoms with Crippen molar-refractivity contribution in [1.82, 2.24) is 20.2 Å². The zero-order valence-corrected chi connectivity index (χ0v) is 17.1. The van der Waals surface area contributed by atoms with E-state index in [9.17, 15) is 13.2 Å². The Morgan fingerprint density at radius 3 is 2.58 bits per heavy atom. The minimum Gasteiger partial charge on any atom is -0.496 e. The molecule has 0 aliphatic heterocycles. The summed E-state index contributed by atoms with van der Waals surface area (Å²) in [5, 5.41) is 13.8. The Labute approximate surface area is 176 Å². The van der Waals surface area contributed by atoms with Crippen LogP contribution in [0.15, 0.2) is 36.5 Å². The molecule has 3 rings (SSSR count). The van der Waals surface area contributed by atoms with E-state index in [0.29, 0.717) is 22.9 Å². The first kappa shape index (κ1) is 22.2. The molecule has 0 amide bonds. The van der Waals surface area contributed by atoms with Crippen LogP contribution in [0.2, 0.25) is 0 Å². The summed E-state index contributed by atoms with van der Waals surface area (Å²) in [7, 11) is 3.20. The molecule has 0 radical (unpaired) electrons. The topological polar surface area (TPSA) is 94.1 Å². The summed E-state index contributed by atoms with van der Waals surface area (Å²) in [4.78, 5) is 8.51. The van der Waals surface area contributed by atoms with Gasteiger partial charge >= 0.3 is 6.18 Å². The lowest BCUT2D eigenvalue weighted by atomic mass is 10.1. The Kier molecular flexibility index (Phi) is 6.85. The van der Waals surface area contributed by atoms with Crippen LogP contribution in [0.25, 0.3) is 11.1 Å². The smallest absolute Gasteiger partial charge is 0.411 e. The summed E-state index contributed by atoms with van der Waals surface area (Å²) in [5.41, 5.74) is 3.40. The molecule has 11 heteroatoms. The number of aryl methyl sites for hydroxylation is 1. The predicted molar refractivity (Wildman–Crippen MR) is 109 cm³/mol. The first-order valence-electron chi connectivity index (χ1n) is 9.22. The molecule has 0 saturated heterocycles. The number of nitrogens with zero attached hydrogens (tertiary/aromatic N) is 4. The number of rotatable bonds is 8. The number of ether oxygens (including phenoxy) is 2. The number of aromatic nitrogens is 4. The molecule has 0 atom stereocenters. The van der Waals surface area contributed by atoms with E-state index in [4.69, 9.17) is 9.47 Å². The zero-order chi connectivity index (χ0) is 22.4. The highest BCUT2D eigenvalue weighted by atomic mass is 19.4. The van der Waals surface area contributed by atoms with Crippen LogP contribution in [0.3, 0.4) is 0 Å². The molecule has 0 spiro atoms. The molecule has 2 heterocycles. The van der Waals surface area contributed by atoms with Crippen molar-refractivity contribution in [2.45, 2.75) is 19.7 Å². The maximum atomic E-state index is 12.3. The van der Waals surface area contributed by atoms with Crippen LogP contribution in [-0.4, -0.2) is 47.1 Å². The van der Waals surface area contributed by atoms with Gasteiger partial charge in [-0.25, -0.2) is 4.98 Å². The summed E-state index contributed by atoms with van der Waals surface area (Å²) in [6, 6.07) is 8.84. The van der Waals surface area contributed by atoms with E-state index in [0.717, 1.165) is 16.8 Å². The van der Waals surface area contributed by atoms with Gasteiger partial charge in [-0.2, -0.15) is 28.4 Å². The number of anilines is 3. The van der Waals surface area contributed by atoms with Crippen LogP contribution >= 0.6 is 0 Å². The molecule has 0 bridgehead atoms. The van der Waals surface area contributed by atoms with Gasteiger partial charge < -0.3 is 20.1 Å². The van der Waals surface area contributed by atoms with Crippen LogP contribution in [0, 0.1) is 6.92 Å². The number of benzene rings is 1. The molecule has 3 aromatic rings. The quantitative estimate of drug-likeness (QED) is 0.547. The number of hydrogen-bond donors (Lipinski definition) is 2. The fourth-order valence-electron chi connectivity index (χ4n) is 2.78. The number of nitrogens with one attached hydrogen (secondary N) is 2. The van der Waals surface area contributed by atoms with Gasteiger partial charge in [0.25, 0.3) is 0 Å². The van der Waals surface area contributed by atoms with E-state index < -0.39 is 12.8 Å². The summed E-state index contributed by atoms with van der Waals surface area (Å²) < 4.78 is 47.2. The third-order valence-electron chi connectivity index (χ3n) is 4.10. The lowest BCUT2D eigenvalue weighted by molar-refractivity contribution is -0.176. The fourth-order valence-corrected chi connectivity index (χ4v) is 2.78. The van der Waals surface area contributed by atoms with Crippen LogP contribution in [0.4, 0.5) is 30.6 Å². The summed E-state index contributed by atoms with van der Waals surface area (Å²) in [5.74, 6) is 1.23. The maximum absolute atomic E-state index is 12.3. The van der Waals surface area contributed by atoms with Crippen LogP contribution in [-0.2, 0) is 11.3 Å². The standard InChI is InChI=1S/C20H21F3N6O2/c1-12-6-13(9-25-29-12)16-5-4-14(7-17(16)30-3)26-19-27-15(8-18(24-2)28-19)10-31-11-20(21,22)23/h4-9H,10-11H2,1-3H3,(H2,24,26,27,28). The minimum atomic E-state index is -4.40. The molecule has 0 unspecified atom stereocenters. The molecule has 2 N–H and O–H groups in total. The van der Waals surface area contributed by atoms with E-state index in [1.165, 1.54) is 6.07 Å². The van der Waals surface area contributed by atoms with Crippen molar-refractivity contribution < 1.29 is 22.6 Å². The van der Waals surface area contributed by atoms with Crippen molar-refractivity contribution in [1.29, 1.82) is 0 Å². The van der Waals surface area contributed by atoms with Crippen molar-refractivity contribution in [3.8, 4) is 16.9 Å². The van der Waals surface area contributed by atoms with Gasteiger partial charge in [-0.1, -0.05) is 0 Å². The SMILES string of the molecule is CNc1cc(COCC(F)(F)F)nc(Nc2ccc(-c3cnnc(C)c3)c(OC)c2)n1. The second kappa shape index (κ2) is 9.56. The highest BCUT2D eigenvalue weighted by Gasteiger charge is 2.27. The fraction of sp³-hybridized carbons (Fsp3) is 0.300. The number of methoxy groups -OCH3 is 1. The van der Waals surface area contributed by atoms with E-state index in [-0.39, 0.29) is 12.6 Å². The first-order chi connectivity index (χ1) is 14.8. The van der Waals surface area contributed by atoms with Crippen LogP contribution in [0.5, 0.6) is 5.75 Å². The Balaban J connectivity index is 1.82. The molecule has 2 aromatic heterocycles. The Bertz CT molecular complexity index is 1050. The number of alkyl halides is 3. The molecule has 0 aliphatic rings. The maximum Gasteiger partial charge on any atom is 0.411 e. The van der Waals surface area contributed by atoms with E-state index in [2.05, 4.69) is 30.8 Å². The Hall–Kier alpha value is -3.47. The second-order valence-corrected chi connectivity index (χ2v) is 6.55. The normalized spacial score (nSPS) is 11.3. The summed E-state index contributed by atoms with van der Waals surface area (Å²) >= 11 is 0.